The molecule has 16 heavy (non-hydrogen) atoms. The van der Waals surface area contributed by atoms with Crippen LogP contribution in [-0.2, 0) is 0 Å². The molecule has 2 unspecified atom stereocenters. The molecule has 0 fully saturated rings. The van der Waals surface area contributed by atoms with E-state index in [0.717, 1.165) is 17.9 Å². The van der Waals surface area contributed by atoms with E-state index in [9.17, 15) is 0 Å². The van der Waals surface area contributed by atoms with Crippen LogP contribution in [0.15, 0.2) is 23.6 Å². The molecular formula is C12H15N3S. The van der Waals surface area contributed by atoms with Crippen molar-refractivity contribution in [2.45, 2.75) is 32.4 Å². The Kier molecular flexibility index (Phi) is 2.24. The molecule has 3 rings (SSSR count). The Balaban J connectivity index is 2.03. The van der Waals surface area contributed by atoms with Crippen molar-refractivity contribution < 1.29 is 0 Å². The van der Waals surface area contributed by atoms with Crippen LogP contribution in [0, 0.1) is 0 Å². The fourth-order valence-corrected chi connectivity index (χ4v) is 2.99. The minimum absolute atomic E-state index is 0.486. The van der Waals surface area contributed by atoms with Crippen molar-refractivity contribution in [3.8, 4) is 10.6 Å². The van der Waals surface area contributed by atoms with Gasteiger partial charge in [-0.15, -0.1) is 11.3 Å². The van der Waals surface area contributed by atoms with E-state index in [1.54, 1.807) is 11.3 Å². The molecular weight excluding hydrogens is 218 g/mol. The number of aromatic nitrogens is 2. The van der Waals surface area contributed by atoms with Crippen molar-refractivity contribution in [3.05, 3.63) is 23.6 Å². The topological polar surface area (TPSA) is 29.9 Å². The summed E-state index contributed by atoms with van der Waals surface area (Å²) in [7, 11) is 0. The first-order chi connectivity index (χ1) is 7.74. The third kappa shape index (κ3) is 1.53. The van der Waals surface area contributed by atoms with Crippen LogP contribution < -0.4 is 5.32 Å². The van der Waals surface area contributed by atoms with Gasteiger partial charge in [0.25, 0.3) is 0 Å². The first-order valence-corrected chi connectivity index (χ1v) is 6.52. The maximum atomic E-state index is 4.67. The molecule has 2 atom stereocenters. The highest BCUT2D eigenvalue weighted by molar-refractivity contribution is 7.13. The molecule has 0 spiro atoms. The highest BCUT2D eigenvalue weighted by atomic mass is 32.1. The van der Waals surface area contributed by atoms with Crippen LogP contribution in [0.1, 0.15) is 26.3 Å². The molecule has 2 aromatic rings. The SMILES string of the molecule is CC1CC(C)n2nc(-c3cccs3)cc2N1. The fourth-order valence-electron chi connectivity index (χ4n) is 2.31. The lowest BCUT2D eigenvalue weighted by molar-refractivity contribution is 0.415. The van der Waals surface area contributed by atoms with E-state index in [-0.39, 0.29) is 0 Å². The van der Waals surface area contributed by atoms with Gasteiger partial charge in [0.2, 0.25) is 0 Å². The zero-order valence-corrected chi connectivity index (χ0v) is 10.3. The molecule has 84 valence electrons. The summed E-state index contributed by atoms with van der Waals surface area (Å²) in [5.74, 6) is 1.15. The highest BCUT2D eigenvalue weighted by Crippen LogP contribution is 2.32. The number of hydrogen-bond donors (Lipinski definition) is 1. The van der Waals surface area contributed by atoms with E-state index < -0.39 is 0 Å². The van der Waals surface area contributed by atoms with Gasteiger partial charge in [0.15, 0.2) is 0 Å². The Bertz CT molecular complexity index is 486. The minimum Gasteiger partial charge on any atom is -0.368 e. The highest BCUT2D eigenvalue weighted by Gasteiger charge is 2.22. The molecule has 3 heterocycles. The molecule has 0 radical (unpaired) electrons. The summed E-state index contributed by atoms with van der Waals surface area (Å²) in [6, 6.07) is 7.36. The Hall–Kier alpha value is -1.29. The second-order valence-electron chi connectivity index (χ2n) is 4.47. The van der Waals surface area contributed by atoms with Gasteiger partial charge in [-0.1, -0.05) is 6.07 Å². The van der Waals surface area contributed by atoms with Crippen molar-refractivity contribution in [2.75, 3.05) is 5.32 Å². The predicted octanol–water partition coefficient (Wildman–Crippen LogP) is 3.38. The third-order valence-electron chi connectivity index (χ3n) is 3.02. The molecule has 2 aromatic heterocycles. The molecule has 0 aliphatic carbocycles. The quantitative estimate of drug-likeness (QED) is 0.818. The Morgan fingerprint density at radius 2 is 2.38 bits per heavy atom. The minimum atomic E-state index is 0.486. The van der Waals surface area contributed by atoms with Crippen molar-refractivity contribution in [1.82, 2.24) is 9.78 Å². The monoisotopic (exact) mass is 233 g/mol. The predicted molar refractivity (Wildman–Crippen MR) is 68.0 cm³/mol. The zero-order chi connectivity index (χ0) is 11.1. The number of anilines is 1. The first kappa shape index (κ1) is 9.90. The number of fused-ring (bicyclic) bond motifs is 1. The Labute approximate surface area is 99.1 Å². The average molecular weight is 233 g/mol. The Morgan fingerprint density at radius 1 is 1.50 bits per heavy atom. The van der Waals surface area contributed by atoms with E-state index in [1.807, 2.05) is 0 Å². The third-order valence-corrected chi connectivity index (χ3v) is 3.91. The summed E-state index contributed by atoms with van der Waals surface area (Å²) in [6.07, 6.45) is 1.14. The number of hydrogen-bond acceptors (Lipinski definition) is 3. The van der Waals surface area contributed by atoms with Gasteiger partial charge in [0.05, 0.1) is 10.9 Å². The smallest absolute Gasteiger partial charge is 0.125 e. The second-order valence-corrected chi connectivity index (χ2v) is 5.41. The summed E-state index contributed by atoms with van der Waals surface area (Å²) < 4.78 is 2.11. The van der Waals surface area contributed by atoms with Gasteiger partial charge in [-0.05, 0) is 31.7 Å². The van der Waals surface area contributed by atoms with E-state index in [1.165, 1.54) is 4.88 Å². The summed E-state index contributed by atoms with van der Waals surface area (Å²) in [5, 5.41) is 10.2. The molecule has 0 saturated heterocycles. The van der Waals surface area contributed by atoms with Gasteiger partial charge in [0, 0.05) is 12.1 Å². The van der Waals surface area contributed by atoms with Crippen LogP contribution in [0.2, 0.25) is 0 Å². The number of thiophene rings is 1. The average Bonchev–Trinajstić information content (AvgIpc) is 2.82. The molecule has 1 aliphatic heterocycles. The first-order valence-electron chi connectivity index (χ1n) is 5.64. The Morgan fingerprint density at radius 3 is 3.12 bits per heavy atom. The molecule has 0 saturated carbocycles. The second kappa shape index (κ2) is 3.63. The van der Waals surface area contributed by atoms with E-state index in [2.05, 4.69) is 52.5 Å². The molecule has 1 aliphatic rings. The summed E-state index contributed by atoms with van der Waals surface area (Å²) in [5.41, 5.74) is 1.08. The van der Waals surface area contributed by atoms with Crippen LogP contribution in [0.4, 0.5) is 5.82 Å². The van der Waals surface area contributed by atoms with Crippen molar-refractivity contribution in [1.29, 1.82) is 0 Å². The van der Waals surface area contributed by atoms with E-state index in [0.29, 0.717) is 12.1 Å². The van der Waals surface area contributed by atoms with Crippen LogP contribution in [0.25, 0.3) is 10.6 Å². The summed E-state index contributed by atoms with van der Waals surface area (Å²) in [6.45, 7) is 4.45. The number of nitrogens with one attached hydrogen (secondary N) is 1. The molecule has 3 nitrogen and oxygen atoms in total. The van der Waals surface area contributed by atoms with Gasteiger partial charge in [-0.25, -0.2) is 4.68 Å². The zero-order valence-electron chi connectivity index (χ0n) is 9.47. The van der Waals surface area contributed by atoms with E-state index in [4.69, 9.17) is 0 Å². The van der Waals surface area contributed by atoms with Gasteiger partial charge in [-0.2, -0.15) is 5.10 Å². The van der Waals surface area contributed by atoms with Gasteiger partial charge >= 0.3 is 0 Å². The van der Waals surface area contributed by atoms with E-state index >= 15 is 0 Å². The maximum Gasteiger partial charge on any atom is 0.125 e. The lowest BCUT2D eigenvalue weighted by atomic mass is 10.1. The summed E-state index contributed by atoms with van der Waals surface area (Å²) >= 11 is 1.74. The van der Waals surface area contributed by atoms with Crippen LogP contribution in [-0.4, -0.2) is 15.8 Å². The largest absolute Gasteiger partial charge is 0.368 e. The van der Waals surface area contributed by atoms with Crippen LogP contribution >= 0.6 is 11.3 Å². The molecule has 4 heteroatoms. The molecule has 0 amide bonds. The maximum absolute atomic E-state index is 4.67. The van der Waals surface area contributed by atoms with Crippen molar-refractivity contribution >= 4 is 17.2 Å². The lowest BCUT2D eigenvalue weighted by Gasteiger charge is -2.27. The van der Waals surface area contributed by atoms with Crippen molar-refractivity contribution in [3.63, 3.8) is 0 Å². The number of nitrogens with zero attached hydrogens (tertiary/aromatic N) is 2. The fraction of sp³-hybridized carbons (Fsp3) is 0.417. The van der Waals surface area contributed by atoms with Crippen LogP contribution in [0.3, 0.4) is 0 Å². The molecule has 0 aromatic carbocycles. The normalized spacial score (nSPS) is 23.9. The summed E-state index contributed by atoms with van der Waals surface area (Å²) in [4.78, 5) is 1.24. The van der Waals surface area contributed by atoms with Gasteiger partial charge in [-0.3, -0.25) is 0 Å². The molecule has 1 N–H and O–H groups in total. The van der Waals surface area contributed by atoms with Gasteiger partial charge < -0.3 is 5.32 Å². The standard InChI is InChI=1S/C12H15N3S/c1-8-6-9(2)15-12(13-8)7-10(14-15)11-4-3-5-16-11/h3-5,7-9,13H,6H2,1-2H3. The van der Waals surface area contributed by atoms with Crippen LogP contribution in [0.5, 0.6) is 0 Å². The molecule has 0 bridgehead atoms. The van der Waals surface area contributed by atoms with Crippen molar-refractivity contribution in [2.24, 2.45) is 0 Å². The number of rotatable bonds is 1. The lowest BCUT2D eigenvalue weighted by Crippen LogP contribution is -2.28. The van der Waals surface area contributed by atoms with Gasteiger partial charge in [0.1, 0.15) is 11.5 Å².